The number of rotatable bonds is 54. The summed E-state index contributed by atoms with van der Waals surface area (Å²) in [6.07, 6.45) is 67.7. The molecule has 0 saturated heterocycles. The fourth-order valence-electron chi connectivity index (χ4n) is 8.69. The molecule has 0 amide bonds. The molecule has 0 aliphatic rings. The van der Waals surface area contributed by atoms with Crippen molar-refractivity contribution in [2.24, 2.45) is 0 Å². The SMILES string of the molecule is CCCCCCC/C=C\C/C=C\C/C=C\CCCCCCCCCCCCCCCCCCCCC(=O)OCC(COC(=O)CCCCCCCCC)OC(=O)CCCCCCCCCCC. The van der Waals surface area contributed by atoms with Gasteiger partial charge in [0.05, 0.1) is 0 Å². The molecule has 0 aromatic heterocycles. The number of carbonyl (C=O) groups excluding carboxylic acids is 3. The molecule has 0 fully saturated rings. The smallest absolute Gasteiger partial charge is 0.306 e. The zero-order valence-corrected chi connectivity index (χ0v) is 44.9. The maximum Gasteiger partial charge on any atom is 0.306 e. The molecule has 67 heavy (non-hydrogen) atoms. The van der Waals surface area contributed by atoms with Crippen LogP contribution in [0.4, 0.5) is 0 Å². The van der Waals surface area contributed by atoms with Gasteiger partial charge in [0, 0.05) is 19.3 Å². The predicted octanol–water partition coefficient (Wildman–Crippen LogP) is 19.7. The van der Waals surface area contributed by atoms with Crippen LogP contribution in [-0.4, -0.2) is 37.2 Å². The van der Waals surface area contributed by atoms with Crippen molar-refractivity contribution in [3.8, 4) is 0 Å². The molecule has 0 aromatic carbocycles. The molecule has 0 N–H and O–H groups in total. The number of unbranched alkanes of at least 4 members (excludes halogenated alkanes) is 37. The summed E-state index contributed by atoms with van der Waals surface area (Å²) in [5.41, 5.74) is 0. The van der Waals surface area contributed by atoms with Gasteiger partial charge in [-0.3, -0.25) is 14.4 Å². The van der Waals surface area contributed by atoms with E-state index in [4.69, 9.17) is 14.2 Å². The third kappa shape index (κ3) is 54.4. The molecule has 0 radical (unpaired) electrons. The Kier molecular flexibility index (Phi) is 54.2. The summed E-state index contributed by atoms with van der Waals surface area (Å²) >= 11 is 0. The number of ether oxygens (including phenoxy) is 3. The van der Waals surface area contributed by atoms with Crippen molar-refractivity contribution >= 4 is 17.9 Å². The molecule has 392 valence electrons. The molecule has 6 heteroatoms. The van der Waals surface area contributed by atoms with E-state index < -0.39 is 6.10 Å². The van der Waals surface area contributed by atoms with Gasteiger partial charge >= 0.3 is 17.9 Å². The molecule has 0 aromatic rings. The lowest BCUT2D eigenvalue weighted by atomic mass is 10.0. The van der Waals surface area contributed by atoms with E-state index >= 15 is 0 Å². The molecule has 0 aliphatic heterocycles. The van der Waals surface area contributed by atoms with Crippen LogP contribution in [0.15, 0.2) is 36.5 Å². The Bertz CT molecular complexity index is 1130. The van der Waals surface area contributed by atoms with Crippen molar-refractivity contribution in [2.75, 3.05) is 13.2 Å². The first-order valence-electron chi connectivity index (χ1n) is 29.5. The second-order valence-electron chi connectivity index (χ2n) is 19.9. The summed E-state index contributed by atoms with van der Waals surface area (Å²) in [6.45, 7) is 6.59. The summed E-state index contributed by atoms with van der Waals surface area (Å²) < 4.78 is 16.7. The quantitative estimate of drug-likeness (QED) is 0.0262. The van der Waals surface area contributed by atoms with Crippen LogP contribution in [0, 0.1) is 0 Å². The predicted molar refractivity (Wildman–Crippen MR) is 289 cm³/mol. The number of esters is 3. The number of allylic oxidation sites excluding steroid dienone is 6. The summed E-state index contributed by atoms with van der Waals surface area (Å²) in [6, 6.07) is 0. The highest BCUT2D eigenvalue weighted by atomic mass is 16.6. The maximum atomic E-state index is 12.7. The van der Waals surface area contributed by atoms with Crippen LogP contribution < -0.4 is 0 Å². The van der Waals surface area contributed by atoms with Crippen LogP contribution in [-0.2, 0) is 28.6 Å². The van der Waals surface area contributed by atoms with E-state index in [0.717, 1.165) is 70.6 Å². The average molecular weight is 942 g/mol. The molecule has 0 heterocycles. The second-order valence-corrected chi connectivity index (χ2v) is 19.9. The highest BCUT2D eigenvalue weighted by Gasteiger charge is 2.19. The first kappa shape index (κ1) is 64.6. The Morgan fingerprint density at radius 3 is 0.836 bits per heavy atom. The van der Waals surface area contributed by atoms with Crippen molar-refractivity contribution in [3.05, 3.63) is 36.5 Å². The van der Waals surface area contributed by atoms with E-state index in [2.05, 4.69) is 57.2 Å². The van der Waals surface area contributed by atoms with Crippen LogP contribution in [0.25, 0.3) is 0 Å². The van der Waals surface area contributed by atoms with Crippen LogP contribution in [0.5, 0.6) is 0 Å². The number of carbonyl (C=O) groups is 3. The minimum Gasteiger partial charge on any atom is -0.462 e. The van der Waals surface area contributed by atoms with E-state index in [1.807, 2.05) is 0 Å². The van der Waals surface area contributed by atoms with Gasteiger partial charge in [-0.05, 0) is 57.8 Å². The largest absolute Gasteiger partial charge is 0.462 e. The Balaban J connectivity index is 3.88. The Hall–Kier alpha value is -2.37. The van der Waals surface area contributed by atoms with Crippen LogP contribution in [0.1, 0.15) is 316 Å². The number of hydrogen-bond acceptors (Lipinski definition) is 6. The van der Waals surface area contributed by atoms with Crippen molar-refractivity contribution < 1.29 is 28.6 Å². The minimum absolute atomic E-state index is 0.0669. The monoisotopic (exact) mass is 941 g/mol. The molecular weight excluding hydrogens is 829 g/mol. The fraction of sp³-hybridized carbons (Fsp3) is 0.852. The van der Waals surface area contributed by atoms with Gasteiger partial charge in [0.15, 0.2) is 6.10 Å². The Labute approximate surface area is 416 Å². The van der Waals surface area contributed by atoms with Gasteiger partial charge in [-0.2, -0.15) is 0 Å². The fourth-order valence-corrected chi connectivity index (χ4v) is 8.69. The minimum atomic E-state index is -0.762. The Morgan fingerprint density at radius 2 is 0.537 bits per heavy atom. The number of hydrogen-bond donors (Lipinski definition) is 0. The van der Waals surface area contributed by atoms with E-state index in [0.29, 0.717) is 19.3 Å². The third-order valence-electron chi connectivity index (χ3n) is 13.1. The van der Waals surface area contributed by atoms with Gasteiger partial charge in [0.2, 0.25) is 0 Å². The van der Waals surface area contributed by atoms with E-state index in [1.54, 1.807) is 0 Å². The molecule has 6 nitrogen and oxygen atoms in total. The summed E-state index contributed by atoms with van der Waals surface area (Å²) in [7, 11) is 0. The van der Waals surface area contributed by atoms with E-state index in [1.165, 1.54) is 205 Å². The highest BCUT2D eigenvalue weighted by molar-refractivity contribution is 5.71. The molecule has 0 rings (SSSR count). The van der Waals surface area contributed by atoms with Crippen LogP contribution in [0.3, 0.4) is 0 Å². The molecule has 0 spiro atoms. The van der Waals surface area contributed by atoms with Crippen LogP contribution in [0.2, 0.25) is 0 Å². The Morgan fingerprint density at radius 1 is 0.299 bits per heavy atom. The first-order valence-corrected chi connectivity index (χ1v) is 29.5. The lowest BCUT2D eigenvalue weighted by molar-refractivity contribution is -0.167. The average Bonchev–Trinajstić information content (AvgIpc) is 3.33. The molecular formula is C61H112O6. The van der Waals surface area contributed by atoms with Crippen LogP contribution >= 0.6 is 0 Å². The summed E-state index contributed by atoms with van der Waals surface area (Å²) in [4.78, 5) is 37.7. The summed E-state index contributed by atoms with van der Waals surface area (Å²) in [5, 5.41) is 0. The van der Waals surface area contributed by atoms with E-state index in [9.17, 15) is 14.4 Å². The van der Waals surface area contributed by atoms with E-state index in [-0.39, 0.29) is 31.1 Å². The highest BCUT2D eigenvalue weighted by Crippen LogP contribution is 2.17. The van der Waals surface area contributed by atoms with Crippen molar-refractivity contribution in [1.82, 2.24) is 0 Å². The summed E-state index contributed by atoms with van der Waals surface area (Å²) in [5.74, 6) is -0.863. The molecule has 1 unspecified atom stereocenters. The zero-order chi connectivity index (χ0) is 48.6. The lowest BCUT2D eigenvalue weighted by Gasteiger charge is -2.18. The van der Waals surface area contributed by atoms with Gasteiger partial charge in [0.1, 0.15) is 13.2 Å². The molecule has 0 bridgehead atoms. The first-order chi connectivity index (χ1) is 33.0. The van der Waals surface area contributed by atoms with Crippen molar-refractivity contribution in [1.29, 1.82) is 0 Å². The standard InChI is InChI=1S/C61H112O6/c1-4-7-10-13-16-18-19-20-21-22-23-24-25-26-27-28-29-30-31-32-33-34-35-36-37-38-39-40-41-43-45-48-51-54-60(63)66-57-58(56-65-59(62)53-50-47-44-15-12-9-6-3)67-61(64)55-52-49-46-42-17-14-11-8-5-2/h19-20,22-23,25-26,58H,4-18,21,24,27-57H2,1-3H3/b20-19-,23-22-,26-25-. The maximum absolute atomic E-state index is 12.7. The third-order valence-corrected chi connectivity index (χ3v) is 13.1. The van der Waals surface area contributed by atoms with Gasteiger partial charge in [-0.15, -0.1) is 0 Å². The lowest BCUT2D eigenvalue weighted by Crippen LogP contribution is -2.30. The zero-order valence-electron chi connectivity index (χ0n) is 44.9. The molecule has 1 atom stereocenters. The van der Waals surface area contributed by atoms with Gasteiger partial charge in [-0.1, -0.05) is 276 Å². The second kappa shape index (κ2) is 56.2. The van der Waals surface area contributed by atoms with Gasteiger partial charge in [0.25, 0.3) is 0 Å². The molecule has 0 saturated carbocycles. The normalized spacial score (nSPS) is 12.2. The molecule has 0 aliphatic carbocycles. The van der Waals surface area contributed by atoms with Gasteiger partial charge in [-0.25, -0.2) is 0 Å². The van der Waals surface area contributed by atoms with Crippen molar-refractivity contribution in [3.63, 3.8) is 0 Å². The topological polar surface area (TPSA) is 78.9 Å². The van der Waals surface area contributed by atoms with Crippen molar-refractivity contribution in [2.45, 2.75) is 322 Å². The van der Waals surface area contributed by atoms with Gasteiger partial charge < -0.3 is 14.2 Å².